The number of esters is 1. The first-order valence-corrected chi connectivity index (χ1v) is 12.3. The van der Waals surface area contributed by atoms with Crippen LogP contribution in [0.15, 0.2) is 78.9 Å². The van der Waals surface area contributed by atoms with E-state index in [1.165, 1.54) is 47.1 Å². The average Bonchev–Trinajstić information content (AvgIpc) is 3.36. The number of benzene rings is 3. The number of ether oxygens (including phenoxy) is 2. The van der Waals surface area contributed by atoms with Crippen LogP contribution >= 0.6 is 0 Å². The molecule has 2 N–H and O–H groups in total. The van der Waals surface area contributed by atoms with Gasteiger partial charge in [-0.3, -0.25) is 4.79 Å². The van der Waals surface area contributed by atoms with E-state index < -0.39 is 18.9 Å². The van der Waals surface area contributed by atoms with Crippen molar-refractivity contribution in [3.8, 4) is 34.0 Å². The third kappa shape index (κ3) is 6.68. The molecule has 11 heteroatoms. The highest BCUT2D eigenvalue weighted by molar-refractivity contribution is 6.58. The van der Waals surface area contributed by atoms with Gasteiger partial charge in [-0.2, -0.15) is 18.3 Å². The van der Waals surface area contributed by atoms with Gasteiger partial charge in [-0.05, 0) is 55.2 Å². The Hall–Kier alpha value is -4.09. The Bertz CT molecular complexity index is 1420. The van der Waals surface area contributed by atoms with Gasteiger partial charge in [0.25, 0.3) is 0 Å². The van der Waals surface area contributed by atoms with E-state index in [-0.39, 0.29) is 48.0 Å². The van der Waals surface area contributed by atoms with Crippen LogP contribution in [-0.4, -0.2) is 46.1 Å². The number of carbonyl (C=O) groups is 1. The van der Waals surface area contributed by atoms with E-state index in [1.54, 1.807) is 37.3 Å². The third-order valence-corrected chi connectivity index (χ3v) is 5.88. The van der Waals surface area contributed by atoms with Gasteiger partial charge in [0.05, 0.1) is 35.9 Å². The lowest BCUT2D eigenvalue weighted by Gasteiger charge is -2.14. The van der Waals surface area contributed by atoms with Crippen molar-refractivity contribution in [3.63, 3.8) is 0 Å². The summed E-state index contributed by atoms with van der Waals surface area (Å²) in [5, 5.41) is 24.2. The molecule has 3 aromatic carbocycles. The summed E-state index contributed by atoms with van der Waals surface area (Å²) >= 11 is 0. The highest BCUT2D eigenvalue weighted by Crippen LogP contribution is 2.40. The van der Waals surface area contributed by atoms with Gasteiger partial charge in [-0.25, -0.2) is 4.68 Å². The number of alkyl halides is 3. The molecule has 7 nitrogen and oxygen atoms in total. The Labute approximate surface area is 223 Å². The first-order chi connectivity index (χ1) is 18.7. The van der Waals surface area contributed by atoms with Crippen LogP contribution in [0.4, 0.5) is 13.2 Å². The van der Waals surface area contributed by atoms with Gasteiger partial charge in [0.2, 0.25) is 0 Å². The van der Waals surface area contributed by atoms with E-state index in [4.69, 9.17) is 9.47 Å². The van der Waals surface area contributed by atoms with Gasteiger partial charge in [0, 0.05) is 17.5 Å². The molecule has 4 rings (SSSR count). The molecule has 0 bridgehead atoms. The zero-order valence-electron chi connectivity index (χ0n) is 21.1. The molecule has 0 aliphatic rings. The normalized spacial score (nSPS) is 11.3. The quantitative estimate of drug-likeness (QED) is 0.174. The summed E-state index contributed by atoms with van der Waals surface area (Å²) in [4.78, 5) is 11.6. The Balaban J connectivity index is 1.81. The minimum absolute atomic E-state index is 0.0668. The zero-order chi connectivity index (χ0) is 28.0. The summed E-state index contributed by atoms with van der Waals surface area (Å²) in [7, 11) is -1.79. The maximum Gasteiger partial charge on any atom is 0.488 e. The minimum Gasteiger partial charge on any atom is -0.493 e. The second-order valence-electron chi connectivity index (χ2n) is 8.59. The summed E-state index contributed by atoms with van der Waals surface area (Å²) in [5.41, 5.74) is 0.589. The Morgan fingerprint density at radius 2 is 1.69 bits per heavy atom. The summed E-state index contributed by atoms with van der Waals surface area (Å²) < 4.78 is 54.1. The van der Waals surface area contributed by atoms with E-state index in [2.05, 4.69) is 5.10 Å². The van der Waals surface area contributed by atoms with Crippen molar-refractivity contribution in [1.29, 1.82) is 0 Å². The van der Waals surface area contributed by atoms with E-state index in [1.807, 2.05) is 0 Å². The fourth-order valence-electron chi connectivity index (χ4n) is 4.09. The Morgan fingerprint density at radius 3 is 2.38 bits per heavy atom. The molecule has 0 amide bonds. The predicted octanol–water partition coefficient (Wildman–Crippen LogP) is 4.63. The lowest BCUT2D eigenvalue weighted by molar-refractivity contribution is -0.143. The van der Waals surface area contributed by atoms with Crippen molar-refractivity contribution in [2.24, 2.45) is 0 Å². The number of rotatable bonds is 10. The highest BCUT2D eigenvalue weighted by Gasteiger charge is 2.34. The molecule has 0 aliphatic carbocycles. The van der Waals surface area contributed by atoms with E-state index in [0.717, 1.165) is 6.07 Å². The van der Waals surface area contributed by atoms with Crippen LogP contribution in [0.5, 0.6) is 5.75 Å². The highest BCUT2D eigenvalue weighted by atomic mass is 19.4. The third-order valence-electron chi connectivity index (χ3n) is 5.88. The molecule has 0 unspecified atom stereocenters. The molecule has 0 spiro atoms. The second kappa shape index (κ2) is 12.2. The summed E-state index contributed by atoms with van der Waals surface area (Å²) in [6.07, 6.45) is -4.08. The van der Waals surface area contributed by atoms with E-state index in [9.17, 15) is 28.0 Å². The van der Waals surface area contributed by atoms with Gasteiger partial charge < -0.3 is 19.5 Å². The number of nitrogens with zero attached hydrogens (tertiary/aromatic N) is 2. The van der Waals surface area contributed by atoms with Crippen molar-refractivity contribution in [2.45, 2.75) is 25.9 Å². The van der Waals surface area contributed by atoms with Crippen LogP contribution < -0.4 is 10.2 Å². The van der Waals surface area contributed by atoms with Gasteiger partial charge in [-0.15, -0.1) is 0 Å². The molecular formula is C28H26BF3N2O5. The lowest BCUT2D eigenvalue weighted by atomic mass is 9.79. The Morgan fingerprint density at radius 1 is 0.974 bits per heavy atom. The van der Waals surface area contributed by atoms with Crippen molar-refractivity contribution < 1.29 is 37.5 Å². The molecule has 1 aromatic heterocycles. The van der Waals surface area contributed by atoms with Crippen molar-refractivity contribution in [1.82, 2.24) is 9.78 Å². The molecule has 0 aliphatic heterocycles. The van der Waals surface area contributed by atoms with Crippen LogP contribution in [0.2, 0.25) is 0 Å². The van der Waals surface area contributed by atoms with E-state index >= 15 is 0 Å². The topological polar surface area (TPSA) is 93.8 Å². The molecule has 39 heavy (non-hydrogen) atoms. The smallest absolute Gasteiger partial charge is 0.488 e. The maximum atomic E-state index is 13.9. The standard InChI is InChI=1S/C28H26BF3N2O5/c1-2-38-27(35)13-8-16-39-26-15-14-19(29(36)37)17-22(26)24-18-25(34(33-24)20-9-4-3-5-10-20)21-11-6-7-12-23(21)28(30,31)32/h3-7,9-12,14-15,17-18,36-37H,2,8,13,16H2,1H3. The van der Waals surface area contributed by atoms with Crippen LogP contribution in [0.25, 0.3) is 28.2 Å². The van der Waals surface area contributed by atoms with E-state index in [0.29, 0.717) is 23.4 Å². The molecule has 0 radical (unpaired) electrons. The van der Waals surface area contributed by atoms with Crippen LogP contribution in [-0.2, 0) is 15.7 Å². The zero-order valence-corrected chi connectivity index (χ0v) is 21.1. The molecule has 0 saturated heterocycles. The average molecular weight is 538 g/mol. The van der Waals surface area contributed by atoms with Gasteiger partial charge in [0.15, 0.2) is 0 Å². The first kappa shape index (κ1) is 27.9. The van der Waals surface area contributed by atoms with Gasteiger partial charge in [0.1, 0.15) is 5.75 Å². The monoisotopic (exact) mass is 538 g/mol. The van der Waals surface area contributed by atoms with Crippen molar-refractivity contribution >= 4 is 18.6 Å². The van der Waals surface area contributed by atoms with Crippen molar-refractivity contribution in [2.75, 3.05) is 13.2 Å². The van der Waals surface area contributed by atoms with Crippen LogP contribution in [0.3, 0.4) is 0 Å². The van der Waals surface area contributed by atoms with Crippen molar-refractivity contribution in [3.05, 3.63) is 84.4 Å². The summed E-state index contributed by atoms with van der Waals surface area (Å²) in [5.74, 6) is -0.0359. The van der Waals surface area contributed by atoms with Crippen LogP contribution in [0, 0.1) is 0 Å². The largest absolute Gasteiger partial charge is 0.493 e. The summed E-state index contributed by atoms with van der Waals surface area (Å²) in [6, 6.07) is 19.9. The number of aromatic nitrogens is 2. The number of hydrogen-bond acceptors (Lipinski definition) is 6. The number of para-hydroxylation sites is 1. The summed E-state index contributed by atoms with van der Waals surface area (Å²) in [6.45, 7) is 2.14. The maximum absolute atomic E-state index is 13.9. The molecular weight excluding hydrogens is 512 g/mol. The molecule has 1 heterocycles. The van der Waals surface area contributed by atoms with Gasteiger partial charge in [-0.1, -0.05) is 42.5 Å². The molecule has 0 atom stereocenters. The fraction of sp³-hybridized carbons (Fsp3) is 0.214. The number of carbonyl (C=O) groups excluding carboxylic acids is 1. The predicted molar refractivity (Wildman–Crippen MR) is 141 cm³/mol. The molecule has 202 valence electrons. The lowest BCUT2D eigenvalue weighted by Crippen LogP contribution is -2.29. The number of hydrogen-bond donors (Lipinski definition) is 2. The number of halogens is 3. The fourth-order valence-corrected chi connectivity index (χ4v) is 4.09. The molecule has 4 aromatic rings. The molecule has 0 fully saturated rings. The minimum atomic E-state index is -4.60. The Kier molecular flexibility index (Phi) is 8.73. The molecule has 0 saturated carbocycles. The SMILES string of the molecule is CCOC(=O)CCCOc1ccc(B(O)O)cc1-c1cc(-c2ccccc2C(F)(F)F)n(-c2ccccc2)n1. The van der Waals surface area contributed by atoms with Crippen LogP contribution in [0.1, 0.15) is 25.3 Å². The van der Waals surface area contributed by atoms with Gasteiger partial charge >= 0.3 is 19.3 Å². The first-order valence-electron chi connectivity index (χ1n) is 12.3. The second-order valence-corrected chi connectivity index (χ2v) is 8.59.